The highest BCUT2D eigenvalue weighted by Gasteiger charge is 2.38. The van der Waals surface area contributed by atoms with Crippen LogP contribution in [0, 0.1) is 0 Å². The molecule has 1 N–H and O–H groups in total. The standard InChI is InChI=1S/C13H20O4S/c1-5-17-11-8-6-10(7-9-11)12(14)13(2,3)18(4,15)16/h6-9,12,14H,5H2,1-4H3. The van der Waals surface area contributed by atoms with Crippen LogP contribution in [-0.4, -0.2) is 31.1 Å². The average Bonchev–Trinajstić information content (AvgIpc) is 2.28. The number of sulfone groups is 1. The molecular weight excluding hydrogens is 252 g/mol. The lowest BCUT2D eigenvalue weighted by Crippen LogP contribution is -2.37. The van der Waals surface area contributed by atoms with E-state index < -0.39 is 20.7 Å². The van der Waals surface area contributed by atoms with Gasteiger partial charge in [0.25, 0.3) is 0 Å². The predicted octanol–water partition coefficient (Wildman–Crippen LogP) is 1.94. The number of hydrogen-bond donors (Lipinski definition) is 1. The number of benzene rings is 1. The Hall–Kier alpha value is -1.07. The summed E-state index contributed by atoms with van der Waals surface area (Å²) < 4.78 is 27.4. The van der Waals surface area contributed by atoms with Crippen LogP contribution < -0.4 is 4.74 Å². The number of ether oxygens (including phenoxy) is 1. The molecule has 0 heterocycles. The van der Waals surface area contributed by atoms with Crippen LogP contribution >= 0.6 is 0 Å². The summed E-state index contributed by atoms with van der Waals surface area (Å²) in [7, 11) is -3.35. The quantitative estimate of drug-likeness (QED) is 0.889. The maximum Gasteiger partial charge on any atom is 0.155 e. The first kappa shape index (κ1) is 15.0. The van der Waals surface area contributed by atoms with Gasteiger partial charge in [-0.25, -0.2) is 8.42 Å². The largest absolute Gasteiger partial charge is 0.494 e. The van der Waals surface area contributed by atoms with E-state index in [0.29, 0.717) is 17.9 Å². The van der Waals surface area contributed by atoms with Gasteiger partial charge in [0.15, 0.2) is 9.84 Å². The number of aliphatic hydroxyl groups excluding tert-OH is 1. The molecule has 0 radical (unpaired) electrons. The van der Waals surface area contributed by atoms with Crippen molar-refractivity contribution in [1.82, 2.24) is 0 Å². The zero-order valence-corrected chi connectivity index (χ0v) is 12.0. The molecule has 0 saturated carbocycles. The fourth-order valence-electron chi connectivity index (χ4n) is 1.52. The molecule has 0 fully saturated rings. The van der Waals surface area contributed by atoms with Gasteiger partial charge in [0.2, 0.25) is 0 Å². The molecule has 0 aromatic heterocycles. The maximum absolute atomic E-state index is 11.7. The van der Waals surface area contributed by atoms with Crippen molar-refractivity contribution in [2.24, 2.45) is 0 Å². The molecule has 1 unspecified atom stereocenters. The minimum atomic E-state index is -3.35. The van der Waals surface area contributed by atoms with Crippen LogP contribution in [0.1, 0.15) is 32.4 Å². The van der Waals surface area contributed by atoms with E-state index in [9.17, 15) is 13.5 Å². The van der Waals surface area contributed by atoms with E-state index in [4.69, 9.17) is 4.74 Å². The molecule has 0 aliphatic rings. The lowest BCUT2D eigenvalue weighted by Gasteiger charge is -2.28. The molecule has 102 valence electrons. The van der Waals surface area contributed by atoms with Gasteiger partial charge in [-0.2, -0.15) is 0 Å². The monoisotopic (exact) mass is 272 g/mol. The Labute approximate surface area is 109 Å². The predicted molar refractivity (Wildman–Crippen MR) is 71.5 cm³/mol. The summed E-state index contributed by atoms with van der Waals surface area (Å²) in [5.41, 5.74) is 0.564. The van der Waals surface area contributed by atoms with Gasteiger partial charge in [-0.15, -0.1) is 0 Å². The molecule has 1 aromatic carbocycles. The Bertz CT molecular complexity index is 488. The summed E-state index contributed by atoms with van der Waals surface area (Å²) >= 11 is 0. The Morgan fingerprint density at radius 2 is 1.78 bits per heavy atom. The third kappa shape index (κ3) is 3.03. The molecule has 1 atom stereocenters. The SMILES string of the molecule is CCOc1ccc(C(O)C(C)(C)S(C)(=O)=O)cc1. The van der Waals surface area contributed by atoms with Gasteiger partial charge in [-0.3, -0.25) is 0 Å². The Kier molecular flexibility index (Phi) is 4.40. The highest BCUT2D eigenvalue weighted by Crippen LogP contribution is 2.32. The van der Waals surface area contributed by atoms with Crippen molar-refractivity contribution in [3.8, 4) is 5.75 Å². The van der Waals surface area contributed by atoms with Crippen molar-refractivity contribution in [3.63, 3.8) is 0 Å². The zero-order chi connectivity index (χ0) is 14.0. The molecule has 0 saturated heterocycles. The van der Waals surface area contributed by atoms with Crippen molar-refractivity contribution in [2.75, 3.05) is 12.9 Å². The highest BCUT2D eigenvalue weighted by molar-refractivity contribution is 7.92. The van der Waals surface area contributed by atoms with Crippen molar-refractivity contribution < 1.29 is 18.3 Å². The van der Waals surface area contributed by atoms with E-state index in [1.165, 1.54) is 13.8 Å². The van der Waals surface area contributed by atoms with E-state index in [-0.39, 0.29) is 0 Å². The van der Waals surface area contributed by atoms with Gasteiger partial charge < -0.3 is 9.84 Å². The van der Waals surface area contributed by atoms with Crippen molar-refractivity contribution in [1.29, 1.82) is 0 Å². The molecule has 0 aliphatic heterocycles. The molecule has 1 aromatic rings. The topological polar surface area (TPSA) is 63.6 Å². The molecule has 0 amide bonds. The zero-order valence-electron chi connectivity index (χ0n) is 11.2. The second kappa shape index (κ2) is 5.28. The summed E-state index contributed by atoms with van der Waals surface area (Å²) in [5.74, 6) is 0.700. The smallest absolute Gasteiger partial charge is 0.155 e. The Balaban J connectivity index is 3.01. The summed E-state index contributed by atoms with van der Waals surface area (Å²) in [6.45, 7) is 5.49. The Morgan fingerprint density at radius 3 is 2.17 bits per heavy atom. The minimum absolute atomic E-state index is 0.564. The second-order valence-electron chi connectivity index (χ2n) is 4.78. The van der Waals surface area contributed by atoms with Gasteiger partial charge in [-0.1, -0.05) is 12.1 Å². The van der Waals surface area contributed by atoms with Crippen LogP contribution in [0.4, 0.5) is 0 Å². The van der Waals surface area contributed by atoms with Gasteiger partial charge in [0, 0.05) is 6.26 Å². The number of rotatable bonds is 5. The van der Waals surface area contributed by atoms with Crippen molar-refractivity contribution >= 4 is 9.84 Å². The van der Waals surface area contributed by atoms with E-state index >= 15 is 0 Å². The second-order valence-corrected chi connectivity index (χ2v) is 7.38. The summed E-state index contributed by atoms with van der Waals surface area (Å²) in [5, 5.41) is 10.2. The van der Waals surface area contributed by atoms with Crippen LogP contribution in [0.25, 0.3) is 0 Å². The molecule has 0 spiro atoms. The van der Waals surface area contributed by atoms with Crippen LogP contribution in [0.2, 0.25) is 0 Å². The summed E-state index contributed by atoms with van der Waals surface area (Å²) in [4.78, 5) is 0. The number of hydrogen-bond acceptors (Lipinski definition) is 4. The summed E-state index contributed by atoms with van der Waals surface area (Å²) in [6.07, 6.45) is 0.0632. The fraction of sp³-hybridized carbons (Fsp3) is 0.538. The first-order valence-corrected chi connectivity index (χ1v) is 7.69. The van der Waals surface area contributed by atoms with E-state index in [1.54, 1.807) is 24.3 Å². The van der Waals surface area contributed by atoms with Gasteiger partial charge in [0.1, 0.15) is 5.75 Å². The molecule has 0 bridgehead atoms. The highest BCUT2D eigenvalue weighted by atomic mass is 32.2. The van der Waals surface area contributed by atoms with E-state index in [0.717, 1.165) is 6.26 Å². The molecule has 0 aliphatic carbocycles. The van der Waals surface area contributed by atoms with Crippen LogP contribution in [0.15, 0.2) is 24.3 Å². The molecule has 18 heavy (non-hydrogen) atoms. The summed E-state index contributed by atoms with van der Waals surface area (Å²) in [6, 6.07) is 6.81. The molecule has 5 heteroatoms. The molecular formula is C13H20O4S. The van der Waals surface area contributed by atoms with Crippen molar-refractivity contribution in [3.05, 3.63) is 29.8 Å². The van der Waals surface area contributed by atoms with E-state index in [2.05, 4.69) is 0 Å². The normalized spacial score (nSPS) is 14.3. The van der Waals surface area contributed by atoms with Gasteiger partial charge in [0.05, 0.1) is 17.5 Å². The first-order valence-electron chi connectivity index (χ1n) is 5.80. The molecule has 4 nitrogen and oxygen atoms in total. The van der Waals surface area contributed by atoms with Gasteiger partial charge in [-0.05, 0) is 38.5 Å². The van der Waals surface area contributed by atoms with E-state index in [1.807, 2.05) is 6.92 Å². The number of aliphatic hydroxyl groups is 1. The van der Waals surface area contributed by atoms with Crippen LogP contribution in [0.5, 0.6) is 5.75 Å². The lowest BCUT2D eigenvalue weighted by atomic mass is 9.98. The lowest BCUT2D eigenvalue weighted by molar-refractivity contribution is 0.139. The first-order chi connectivity index (χ1) is 8.20. The van der Waals surface area contributed by atoms with Crippen LogP contribution in [0.3, 0.4) is 0 Å². The Morgan fingerprint density at radius 1 is 1.28 bits per heavy atom. The third-order valence-corrected chi connectivity index (χ3v) is 5.26. The molecule has 1 rings (SSSR count). The average molecular weight is 272 g/mol. The fourth-order valence-corrected chi connectivity index (χ4v) is 2.06. The van der Waals surface area contributed by atoms with Gasteiger partial charge >= 0.3 is 0 Å². The van der Waals surface area contributed by atoms with Crippen LogP contribution in [-0.2, 0) is 9.84 Å². The van der Waals surface area contributed by atoms with Crippen molar-refractivity contribution in [2.45, 2.75) is 31.6 Å². The minimum Gasteiger partial charge on any atom is -0.494 e. The third-order valence-electron chi connectivity index (χ3n) is 3.12. The maximum atomic E-state index is 11.7.